The molecule has 0 aliphatic carbocycles. The summed E-state index contributed by atoms with van der Waals surface area (Å²) in [5.41, 5.74) is 2.88. The molecule has 134 valence electrons. The number of halogens is 2. The standard InChI is InChI=1S/C19H16F2N2O2S/c1-10-4-5-13(8-11(10)2)18-22-23-19(25-18)26-12(3)17(24)15-7-6-14(20)9-16(15)21/h4-9,12H,1-3H3. The molecule has 0 amide bonds. The number of Topliss-reactive ketones (excluding diaryl/α,β-unsaturated/α-hetero) is 1. The van der Waals surface area contributed by atoms with E-state index in [1.165, 1.54) is 0 Å². The van der Waals surface area contributed by atoms with Gasteiger partial charge in [0.15, 0.2) is 5.78 Å². The molecule has 1 atom stereocenters. The predicted molar refractivity (Wildman–Crippen MR) is 95.2 cm³/mol. The lowest BCUT2D eigenvalue weighted by atomic mass is 10.1. The Morgan fingerprint density at radius 1 is 1.08 bits per heavy atom. The molecule has 0 saturated heterocycles. The SMILES string of the molecule is Cc1ccc(-c2nnc(SC(C)C(=O)c3ccc(F)cc3F)o2)cc1C. The van der Waals surface area contributed by atoms with E-state index in [2.05, 4.69) is 10.2 Å². The number of nitrogens with zero attached hydrogens (tertiary/aromatic N) is 2. The summed E-state index contributed by atoms with van der Waals surface area (Å²) in [5.74, 6) is -1.74. The minimum absolute atomic E-state index is 0.166. The van der Waals surface area contributed by atoms with E-state index in [1.807, 2.05) is 32.0 Å². The largest absolute Gasteiger partial charge is 0.411 e. The van der Waals surface area contributed by atoms with E-state index in [0.29, 0.717) is 12.0 Å². The van der Waals surface area contributed by atoms with Crippen LogP contribution < -0.4 is 0 Å². The van der Waals surface area contributed by atoms with Gasteiger partial charge in [-0.15, -0.1) is 10.2 Å². The third-order valence-corrected chi connectivity index (χ3v) is 4.94. The average Bonchev–Trinajstić information content (AvgIpc) is 3.05. The summed E-state index contributed by atoms with van der Waals surface area (Å²) in [4.78, 5) is 12.4. The topological polar surface area (TPSA) is 56.0 Å². The van der Waals surface area contributed by atoms with Gasteiger partial charge in [0.1, 0.15) is 11.6 Å². The fourth-order valence-corrected chi connectivity index (χ4v) is 3.11. The number of aryl methyl sites for hydroxylation is 2. The normalized spacial score (nSPS) is 12.2. The maximum atomic E-state index is 13.8. The second-order valence-corrected chi connectivity index (χ2v) is 7.21. The summed E-state index contributed by atoms with van der Waals surface area (Å²) in [6.45, 7) is 5.61. The first-order valence-corrected chi connectivity index (χ1v) is 8.80. The van der Waals surface area contributed by atoms with Gasteiger partial charge in [0, 0.05) is 11.6 Å². The molecule has 1 unspecified atom stereocenters. The van der Waals surface area contributed by atoms with Crippen molar-refractivity contribution in [2.45, 2.75) is 31.2 Å². The number of thioether (sulfide) groups is 1. The molecule has 0 fully saturated rings. The van der Waals surface area contributed by atoms with Crippen LogP contribution in [0.2, 0.25) is 0 Å². The predicted octanol–water partition coefficient (Wildman–Crippen LogP) is 5.00. The maximum Gasteiger partial charge on any atom is 0.277 e. The van der Waals surface area contributed by atoms with E-state index in [9.17, 15) is 13.6 Å². The van der Waals surface area contributed by atoms with E-state index in [0.717, 1.165) is 40.6 Å². The number of aromatic nitrogens is 2. The van der Waals surface area contributed by atoms with Gasteiger partial charge in [-0.05, 0) is 56.2 Å². The highest BCUT2D eigenvalue weighted by Crippen LogP contribution is 2.29. The monoisotopic (exact) mass is 374 g/mol. The molecule has 0 aliphatic heterocycles. The highest BCUT2D eigenvalue weighted by atomic mass is 32.2. The fraction of sp³-hybridized carbons (Fsp3) is 0.211. The Morgan fingerprint density at radius 3 is 2.54 bits per heavy atom. The first-order chi connectivity index (χ1) is 12.3. The smallest absolute Gasteiger partial charge is 0.277 e. The highest BCUT2D eigenvalue weighted by Gasteiger charge is 2.23. The van der Waals surface area contributed by atoms with Gasteiger partial charge in [0.2, 0.25) is 5.89 Å². The Morgan fingerprint density at radius 2 is 1.85 bits per heavy atom. The Hall–Kier alpha value is -2.54. The molecular weight excluding hydrogens is 358 g/mol. The molecule has 7 heteroatoms. The summed E-state index contributed by atoms with van der Waals surface area (Å²) >= 11 is 1.03. The molecule has 26 heavy (non-hydrogen) atoms. The van der Waals surface area contributed by atoms with Gasteiger partial charge in [-0.25, -0.2) is 8.78 Å². The number of benzene rings is 2. The minimum atomic E-state index is -0.885. The molecule has 0 saturated carbocycles. The van der Waals surface area contributed by atoms with Gasteiger partial charge in [-0.1, -0.05) is 17.8 Å². The van der Waals surface area contributed by atoms with E-state index < -0.39 is 22.7 Å². The van der Waals surface area contributed by atoms with Gasteiger partial charge in [-0.3, -0.25) is 4.79 Å². The Bertz CT molecular complexity index is 972. The molecule has 0 radical (unpaired) electrons. The molecule has 3 aromatic rings. The molecule has 3 rings (SSSR count). The van der Waals surface area contributed by atoms with Gasteiger partial charge in [0.25, 0.3) is 5.22 Å². The van der Waals surface area contributed by atoms with E-state index in [4.69, 9.17) is 4.42 Å². The third-order valence-electron chi connectivity index (χ3n) is 4.00. The van der Waals surface area contributed by atoms with Crippen molar-refractivity contribution < 1.29 is 18.0 Å². The quantitative estimate of drug-likeness (QED) is 0.465. The molecule has 0 spiro atoms. The van der Waals surface area contributed by atoms with Crippen LogP contribution in [-0.4, -0.2) is 21.2 Å². The van der Waals surface area contributed by atoms with Crippen molar-refractivity contribution in [3.63, 3.8) is 0 Å². The number of hydrogen-bond acceptors (Lipinski definition) is 5. The number of rotatable bonds is 5. The first-order valence-electron chi connectivity index (χ1n) is 7.92. The fourth-order valence-electron chi connectivity index (χ4n) is 2.36. The van der Waals surface area contributed by atoms with Gasteiger partial charge >= 0.3 is 0 Å². The lowest BCUT2D eigenvalue weighted by molar-refractivity contribution is 0.0989. The Kier molecular flexibility index (Phi) is 5.18. The summed E-state index contributed by atoms with van der Waals surface area (Å²) in [6.07, 6.45) is 0. The van der Waals surface area contributed by atoms with Crippen LogP contribution in [0.3, 0.4) is 0 Å². The van der Waals surface area contributed by atoms with Crippen molar-refractivity contribution in [3.05, 3.63) is 64.7 Å². The van der Waals surface area contributed by atoms with Crippen molar-refractivity contribution in [1.82, 2.24) is 10.2 Å². The van der Waals surface area contributed by atoms with Crippen LogP contribution >= 0.6 is 11.8 Å². The van der Waals surface area contributed by atoms with Crippen molar-refractivity contribution in [2.24, 2.45) is 0 Å². The second-order valence-electron chi connectivity index (χ2n) is 5.92. The first kappa shape index (κ1) is 18.3. The van der Waals surface area contributed by atoms with Crippen LogP contribution in [0, 0.1) is 25.5 Å². The number of carbonyl (C=O) groups is 1. The maximum absolute atomic E-state index is 13.8. The summed E-state index contributed by atoms with van der Waals surface area (Å²) < 4.78 is 32.4. The molecular formula is C19H16F2N2O2S. The van der Waals surface area contributed by atoms with Gasteiger partial charge in [-0.2, -0.15) is 0 Å². The zero-order valence-corrected chi connectivity index (χ0v) is 15.2. The number of carbonyl (C=O) groups excluding carboxylic acids is 1. The van der Waals surface area contributed by atoms with Crippen molar-refractivity contribution in [1.29, 1.82) is 0 Å². The zero-order chi connectivity index (χ0) is 18.8. The molecule has 4 nitrogen and oxygen atoms in total. The van der Waals surface area contributed by atoms with Crippen LogP contribution in [-0.2, 0) is 0 Å². The van der Waals surface area contributed by atoms with Gasteiger partial charge in [0.05, 0.1) is 10.8 Å². The molecule has 1 aromatic heterocycles. The van der Waals surface area contributed by atoms with Crippen LogP contribution in [0.15, 0.2) is 46.0 Å². The lowest BCUT2D eigenvalue weighted by Gasteiger charge is -2.08. The zero-order valence-electron chi connectivity index (χ0n) is 14.4. The van der Waals surface area contributed by atoms with Crippen molar-refractivity contribution in [3.8, 4) is 11.5 Å². The Balaban J connectivity index is 1.75. The minimum Gasteiger partial charge on any atom is -0.411 e. The second kappa shape index (κ2) is 7.37. The van der Waals surface area contributed by atoms with Crippen LogP contribution in [0.4, 0.5) is 8.78 Å². The van der Waals surface area contributed by atoms with Crippen LogP contribution in [0.1, 0.15) is 28.4 Å². The van der Waals surface area contributed by atoms with E-state index in [1.54, 1.807) is 6.92 Å². The van der Waals surface area contributed by atoms with Gasteiger partial charge < -0.3 is 4.42 Å². The summed E-state index contributed by atoms with van der Waals surface area (Å²) in [5, 5.41) is 7.48. The third kappa shape index (κ3) is 3.83. The highest BCUT2D eigenvalue weighted by molar-refractivity contribution is 8.00. The summed E-state index contributed by atoms with van der Waals surface area (Å²) in [7, 11) is 0. The molecule has 2 aromatic carbocycles. The van der Waals surface area contributed by atoms with Crippen LogP contribution in [0.5, 0.6) is 0 Å². The van der Waals surface area contributed by atoms with E-state index in [-0.39, 0.29) is 10.8 Å². The molecule has 0 N–H and O–H groups in total. The summed E-state index contributed by atoms with van der Waals surface area (Å²) in [6, 6.07) is 8.67. The number of ketones is 1. The lowest BCUT2D eigenvalue weighted by Crippen LogP contribution is -2.15. The molecule has 1 heterocycles. The average molecular weight is 374 g/mol. The molecule has 0 aliphatic rings. The van der Waals surface area contributed by atoms with Crippen molar-refractivity contribution >= 4 is 17.5 Å². The van der Waals surface area contributed by atoms with Crippen LogP contribution in [0.25, 0.3) is 11.5 Å². The van der Waals surface area contributed by atoms with Crippen molar-refractivity contribution in [2.75, 3.05) is 0 Å². The van der Waals surface area contributed by atoms with E-state index >= 15 is 0 Å². The Labute approximate surface area is 153 Å². The molecule has 0 bridgehead atoms. The number of hydrogen-bond donors (Lipinski definition) is 0.